The van der Waals surface area contributed by atoms with Crippen molar-refractivity contribution in [3.63, 3.8) is 0 Å². The predicted molar refractivity (Wildman–Crippen MR) is 47.8 cm³/mol. The lowest BCUT2D eigenvalue weighted by atomic mass is 10.1. The van der Waals surface area contributed by atoms with Gasteiger partial charge in [0.25, 0.3) is 0 Å². The molecule has 2 fully saturated rings. The standard InChI is InChI=1S/C7H10O2.C3H8/c8-7-4-5-2-1-3-6(5)9-7;1-3-2/h5-6H,1-4H2;3H2,1-2H3. The van der Waals surface area contributed by atoms with E-state index in [1.807, 2.05) is 0 Å². The van der Waals surface area contributed by atoms with Gasteiger partial charge in [0.1, 0.15) is 6.10 Å². The molecule has 0 N–H and O–H groups in total. The lowest BCUT2D eigenvalue weighted by Gasteiger charge is -2.03. The molecule has 2 rings (SSSR count). The Bertz CT molecular complexity index is 140. The van der Waals surface area contributed by atoms with E-state index in [4.69, 9.17) is 4.74 Å². The molecule has 0 bridgehead atoms. The van der Waals surface area contributed by atoms with Crippen molar-refractivity contribution >= 4 is 5.97 Å². The van der Waals surface area contributed by atoms with Crippen LogP contribution in [0.5, 0.6) is 0 Å². The molecular formula is C10H18O2. The molecule has 0 aromatic rings. The summed E-state index contributed by atoms with van der Waals surface area (Å²) in [4.78, 5) is 10.6. The normalized spacial score (nSPS) is 32.0. The topological polar surface area (TPSA) is 26.3 Å². The molecule has 1 aliphatic carbocycles. The van der Waals surface area contributed by atoms with E-state index in [2.05, 4.69) is 13.8 Å². The fourth-order valence-corrected chi connectivity index (χ4v) is 1.82. The zero-order valence-electron chi connectivity index (χ0n) is 8.01. The molecule has 0 aromatic heterocycles. The van der Waals surface area contributed by atoms with Crippen LogP contribution in [0.3, 0.4) is 0 Å². The van der Waals surface area contributed by atoms with E-state index in [9.17, 15) is 4.79 Å². The third-order valence-corrected chi connectivity index (χ3v) is 2.30. The van der Waals surface area contributed by atoms with E-state index in [0.29, 0.717) is 18.4 Å². The summed E-state index contributed by atoms with van der Waals surface area (Å²) in [6.45, 7) is 4.25. The number of carbonyl (C=O) groups excluding carboxylic acids is 1. The molecule has 2 atom stereocenters. The van der Waals surface area contributed by atoms with E-state index < -0.39 is 0 Å². The minimum atomic E-state index is 0.0182. The zero-order valence-corrected chi connectivity index (χ0v) is 8.01. The van der Waals surface area contributed by atoms with Gasteiger partial charge in [0.05, 0.1) is 6.42 Å². The zero-order chi connectivity index (χ0) is 8.97. The summed E-state index contributed by atoms with van der Waals surface area (Å²) in [6.07, 6.45) is 5.80. The molecule has 1 aliphatic heterocycles. The third kappa shape index (κ3) is 2.23. The van der Waals surface area contributed by atoms with Crippen molar-refractivity contribution in [1.82, 2.24) is 0 Å². The Balaban J connectivity index is 0.000000213. The number of hydrogen-bond donors (Lipinski definition) is 0. The van der Waals surface area contributed by atoms with Crippen molar-refractivity contribution in [1.29, 1.82) is 0 Å². The Morgan fingerprint density at radius 1 is 1.42 bits per heavy atom. The molecule has 12 heavy (non-hydrogen) atoms. The quantitative estimate of drug-likeness (QED) is 0.522. The molecule has 0 aromatic carbocycles. The van der Waals surface area contributed by atoms with E-state index in [0.717, 1.165) is 6.42 Å². The second-order valence-corrected chi connectivity index (χ2v) is 3.63. The van der Waals surface area contributed by atoms with E-state index >= 15 is 0 Å². The minimum absolute atomic E-state index is 0.0182. The van der Waals surface area contributed by atoms with Gasteiger partial charge in [-0.15, -0.1) is 0 Å². The molecule has 2 unspecified atom stereocenters. The molecule has 0 radical (unpaired) electrons. The van der Waals surface area contributed by atoms with Crippen LogP contribution in [-0.4, -0.2) is 12.1 Å². The van der Waals surface area contributed by atoms with Crippen LogP contribution in [0, 0.1) is 5.92 Å². The maximum absolute atomic E-state index is 10.6. The third-order valence-electron chi connectivity index (χ3n) is 2.30. The van der Waals surface area contributed by atoms with Crippen molar-refractivity contribution in [2.75, 3.05) is 0 Å². The molecule has 2 nitrogen and oxygen atoms in total. The van der Waals surface area contributed by atoms with E-state index in [1.54, 1.807) is 0 Å². The average Bonchev–Trinajstić information content (AvgIpc) is 2.47. The van der Waals surface area contributed by atoms with Gasteiger partial charge in [-0.05, 0) is 19.3 Å². The van der Waals surface area contributed by atoms with Gasteiger partial charge in [-0.1, -0.05) is 20.3 Å². The highest BCUT2D eigenvalue weighted by atomic mass is 16.5. The van der Waals surface area contributed by atoms with Gasteiger partial charge in [-0.2, -0.15) is 0 Å². The Kier molecular flexibility index (Phi) is 3.57. The highest BCUT2D eigenvalue weighted by Crippen LogP contribution is 2.35. The first-order valence-electron chi connectivity index (χ1n) is 4.97. The second kappa shape index (κ2) is 4.48. The molecule has 1 saturated heterocycles. The maximum Gasteiger partial charge on any atom is 0.306 e. The number of hydrogen-bond acceptors (Lipinski definition) is 2. The largest absolute Gasteiger partial charge is 0.462 e. The van der Waals surface area contributed by atoms with Crippen LogP contribution in [0.2, 0.25) is 0 Å². The fourth-order valence-electron chi connectivity index (χ4n) is 1.82. The number of carbonyl (C=O) groups is 1. The minimum Gasteiger partial charge on any atom is -0.462 e. The van der Waals surface area contributed by atoms with Gasteiger partial charge >= 0.3 is 5.97 Å². The summed E-state index contributed by atoms with van der Waals surface area (Å²) in [5.41, 5.74) is 0. The van der Waals surface area contributed by atoms with Crippen LogP contribution < -0.4 is 0 Å². The molecular weight excluding hydrogens is 152 g/mol. The lowest BCUT2D eigenvalue weighted by Crippen LogP contribution is -2.06. The molecule has 70 valence electrons. The van der Waals surface area contributed by atoms with Crippen molar-refractivity contribution in [3.05, 3.63) is 0 Å². The Morgan fingerprint density at radius 3 is 2.67 bits per heavy atom. The molecule has 1 heterocycles. The van der Waals surface area contributed by atoms with Crippen LogP contribution in [0.25, 0.3) is 0 Å². The predicted octanol–water partition coefficient (Wildman–Crippen LogP) is 2.52. The monoisotopic (exact) mass is 170 g/mol. The van der Waals surface area contributed by atoms with Crippen molar-refractivity contribution in [2.45, 2.75) is 52.1 Å². The summed E-state index contributed by atoms with van der Waals surface area (Å²) >= 11 is 0. The lowest BCUT2D eigenvalue weighted by molar-refractivity contribution is -0.141. The van der Waals surface area contributed by atoms with Gasteiger partial charge in [0.15, 0.2) is 0 Å². The summed E-state index contributed by atoms with van der Waals surface area (Å²) < 4.78 is 5.05. The molecule has 0 amide bonds. The van der Waals surface area contributed by atoms with E-state index in [-0.39, 0.29) is 5.97 Å². The van der Waals surface area contributed by atoms with Crippen LogP contribution >= 0.6 is 0 Å². The number of ether oxygens (including phenoxy) is 1. The SMILES string of the molecule is CCC.O=C1CC2CCCC2O1. The maximum atomic E-state index is 10.6. The first kappa shape index (κ1) is 9.56. The molecule has 0 spiro atoms. The molecule has 2 heteroatoms. The number of fused-ring (bicyclic) bond motifs is 1. The van der Waals surface area contributed by atoms with Crippen molar-refractivity contribution in [3.8, 4) is 0 Å². The summed E-state index contributed by atoms with van der Waals surface area (Å²) in [5, 5.41) is 0. The first-order chi connectivity index (χ1) is 5.77. The number of rotatable bonds is 0. The molecule has 2 aliphatic rings. The second-order valence-electron chi connectivity index (χ2n) is 3.63. The van der Waals surface area contributed by atoms with Crippen LogP contribution in [0.4, 0.5) is 0 Å². The van der Waals surface area contributed by atoms with Gasteiger partial charge in [-0.3, -0.25) is 4.79 Å². The highest BCUT2D eigenvalue weighted by Gasteiger charge is 2.37. The Hall–Kier alpha value is -0.530. The van der Waals surface area contributed by atoms with Crippen molar-refractivity contribution in [2.24, 2.45) is 5.92 Å². The van der Waals surface area contributed by atoms with Gasteiger partial charge in [-0.25, -0.2) is 0 Å². The van der Waals surface area contributed by atoms with Crippen molar-refractivity contribution < 1.29 is 9.53 Å². The van der Waals surface area contributed by atoms with Crippen LogP contribution in [-0.2, 0) is 9.53 Å². The van der Waals surface area contributed by atoms with Gasteiger partial charge in [0.2, 0.25) is 0 Å². The first-order valence-corrected chi connectivity index (χ1v) is 4.97. The average molecular weight is 170 g/mol. The number of esters is 1. The fraction of sp³-hybridized carbons (Fsp3) is 0.900. The Morgan fingerprint density at radius 2 is 2.08 bits per heavy atom. The van der Waals surface area contributed by atoms with Gasteiger partial charge in [0, 0.05) is 5.92 Å². The van der Waals surface area contributed by atoms with E-state index in [1.165, 1.54) is 19.3 Å². The summed E-state index contributed by atoms with van der Waals surface area (Å²) in [5.74, 6) is 0.599. The summed E-state index contributed by atoms with van der Waals surface area (Å²) in [6, 6.07) is 0. The van der Waals surface area contributed by atoms with Gasteiger partial charge < -0.3 is 4.74 Å². The van der Waals surface area contributed by atoms with Crippen LogP contribution in [0.15, 0.2) is 0 Å². The highest BCUT2D eigenvalue weighted by molar-refractivity contribution is 5.72. The smallest absolute Gasteiger partial charge is 0.306 e. The Labute approximate surface area is 74.3 Å². The molecule has 1 saturated carbocycles. The summed E-state index contributed by atoms with van der Waals surface area (Å²) in [7, 11) is 0. The van der Waals surface area contributed by atoms with Crippen LogP contribution in [0.1, 0.15) is 46.0 Å².